The number of nitrogens with two attached hydrogens (primary N) is 1. The molecule has 1 amide bonds. The zero-order valence-electron chi connectivity index (χ0n) is 7.96. The average molecular weight is 182 g/mol. The molecule has 3 nitrogen and oxygen atoms in total. The van der Waals surface area contributed by atoms with E-state index in [0.29, 0.717) is 6.04 Å². The van der Waals surface area contributed by atoms with Gasteiger partial charge in [0.15, 0.2) is 0 Å². The lowest BCUT2D eigenvalue weighted by molar-refractivity contribution is -0.126. The van der Waals surface area contributed by atoms with Crippen LogP contribution in [0.15, 0.2) is 0 Å². The van der Waals surface area contributed by atoms with Crippen LogP contribution in [0.1, 0.15) is 38.5 Å². The topological polar surface area (TPSA) is 55.1 Å². The highest BCUT2D eigenvalue weighted by Gasteiger charge is 2.30. The summed E-state index contributed by atoms with van der Waals surface area (Å²) in [6.45, 7) is 0. The van der Waals surface area contributed by atoms with Crippen molar-refractivity contribution in [3.8, 4) is 0 Å². The minimum Gasteiger partial charge on any atom is -0.353 e. The Balaban J connectivity index is 1.76. The molecule has 3 N–H and O–H groups in total. The third-order valence-electron chi connectivity index (χ3n) is 3.30. The number of rotatable bonds is 2. The fraction of sp³-hybridized carbons (Fsp3) is 0.900. The summed E-state index contributed by atoms with van der Waals surface area (Å²) in [5, 5.41) is 3.08. The zero-order valence-corrected chi connectivity index (χ0v) is 7.96. The predicted octanol–water partition coefficient (Wildman–Crippen LogP) is 0.782. The van der Waals surface area contributed by atoms with Crippen molar-refractivity contribution in [1.82, 2.24) is 5.32 Å². The molecule has 0 radical (unpaired) electrons. The molecule has 3 heteroatoms. The van der Waals surface area contributed by atoms with E-state index >= 15 is 0 Å². The van der Waals surface area contributed by atoms with Crippen molar-refractivity contribution in [1.29, 1.82) is 0 Å². The number of carbonyl (C=O) groups is 1. The normalized spacial score (nSPS) is 34.2. The lowest BCUT2D eigenvalue weighted by Gasteiger charge is -2.27. The molecule has 2 aliphatic rings. The van der Waals surface area contributed by atoms with Crippen LogP contribution in [0.5, 0.6) is 0 Å². The van der Waals surface area contributed by atoms with Crippen LogP contribution in [0.3, 0.4) is 0 Å². The predicted molar refractivity (Wildman–Crippen MR) is 51.1 cm³/mol. The number of amides is 1. The fourth-order valence-electron chi connectivity index (χ4n) is 2.13. The van der Waals surface area contributed by atoms with Crippen molar-refractivity contribution in [2.24, 2.45) is 11.7 Å². The highest BCUT2D eigenvalue weighted by Crippen LogP contribution is 2.25. The summed E-state index contributed by atoms with van der Waals surface area (Å²) < 4.78 is 0. The molecule has 0 bridgehead atoms. The molecule has 74 valence electrons. The third-order valence-corrected chi connectivity index (χ3v) is 3.30. The van der Waals surface area contributed by atoms with Gasteiger partial charge in [0.25, 0.3) is 0 Å². The van der Waals surface area contributed by atoms with Crippen LogP contribution in [0, 0.1) is 5.92 Å². The van der Waals surface area contributed by atoms with E-state index in [2.05, 4.69) is 5.32 Å². The van der Waals surface area contributed by atoms with Crippen molar-refractivity contribution in [2.45, 2.75) is 50.6 Å². The Bertz CT molecular complexity index is 201. The first-order valence-corrected chi connectivity index (χ1v) is 5.31. The first kappa shape index (κ1) is 9.00. The molecule has 13 heavy (non-hydrogen) atoms. The highest BCUT2D eigenvalue weighted by molar-refractivity contribution is 5.79. The number of nitrogens with one attached hydrogen (secondary N) is 1. The van der Waals surface area contributed by atoms with E-state index in [1.54, 1.807) is 0 Å². The van der Waals surface area contributed by atoms with Crippen LogP contribution in [-0.2, 0) is 4.79 Å². The van der Waals surface area contributed by atoms with Gasteiger partial charge in [0.05, 0.1) is 0 Å². The zero-order chi connectivity index (χ0) is 9.26. The van der Waals surface area contributed by atoms with Gasteiger partial charge < -0.3 is 11.1 Å². The molecule has 2 fully saturated rings. The Morgan fingerprint density at radius 2 is 2.00 bits per heavy atom. The van der Waals surface area contributed by atoms with Crippen LogP contribution in [-0.4, -0.2) is 18.0 Å². The second-order valence-electron chi connectivity index (χ2n) is 4.41. The smallest absolute Gasteiger partial charge is 0.223 e. The van der Waals surface area contributed by atoms with E-state index in [-0.39, 0.29) is 17.9 Å². The van der Waals surface area contributed by atoms with E-state index in [0.717, 1.165) is 19.3 Å². The molecule has 2 rings (SSSR count). The fourth-order valence-corrected chi connectivity index (χ4v) is 2.13. The van der Waals surface area contributed by atoms with E-state index in [1.807, 2.05) is 0 Å². The molecule has 0 aromatic rings. The van der Waals surface area contributed by atoms with Gasteiger partial charge in [-0.25, -0.2) is 0 Å². The van der Waals surface area contributed by atoms with Gasteiger partial charge in [-0.15, -0.1) is 0 Å². The van der Waals surface area contributed by atoms with Crippen molar-refractivity contribution >= 4 is 5.91 Å². The van der Waals surface area contributed by atoms with Crippen LogP contribution < -0.4 is 11.1 Å². The number of carbonyl (C=O) groups excluding carboxylic acids is 1. The summed E-state index contributed by atoms with van der Waals surface area (Å²) in [4.78, 5) is 11.6. The van der Waals surface area contributed by atoms with Gasteiger partial charge in [-0.2, -0.15) is 0 Å². The Labute approximate surface area is 79.1 Å². The minimum atomic E-state index is 0.204. The van der Waals surface area contributed by atoms with Crippen molar-refractivity contribution < 1.29 is 4.79 Å². The number of hydrogen-bond acceptors (Lipinski definition) is 2. The standard InChI is InChI=1S/C10H18N2O/c11-8-5-4-7(6-8)10(13)12-9-2-1-3-9/h7-9H,1-6,11H2,(H,12,13)/t7-,8+/m1/s1. The summed E-state index contributed by atoms with van der Waals surface area (Å²) in [5.41, 5.74) is 5.76. The van der Waals surface area contributed by atoms with Crippen molar-refractivity contribution in [2.75, 3.05) is 0 Å². The third kappa shape index (κ3) is 2.02. The monoisotopic (exact) mass is 182 g/mol. The van der Waals surface area contributed by atoms with Crippen molar-refractivity contribution in [3.63, 3.8) is 0 Å². The Morgan fingerprint density at radius 1 is 1.23 bits per heavy atom. The van der Waals surface area contributed by atoms with Gasteiger partial charge in [-0.1, -0.05) is 0 Å². The van der Waals surface area contributed by atoms with Crippen LogP contribution in [0.2, 0.25) is 0 Å². The Hall–Kier alpha value is -0.570. The van der Waals surface area contributed by atoms with E-state index in [1.165, 1.54) is 19.3 Å². The minimum absolute atomic E-state index is 0.204. The lowest BCUT2D eigenvalue weighted by Crippen LogP contribution is -2.42. The molecule has 0 aromatic heterocycles. The van der Waals surface area contributed by atoms with Crippen LogP contribution in [0.25, 0.3) is 0 Å². The summed E-state index contributed by atoms with van der Waals surface area (Å²) in [5.74, 6) is 0.452. The van der Waals surface area contributed by atoms with E-state index in [4.69, 9.17) is 5.73 Å². The van der Waals surface area contributed by atoms with Gasteiger partial charge >= 0.3 is 0 Å². The Kier molecular flexibility index (Phi) is 2.54. The molecule has 2 aliphatic carbocycles. The summed E-state index contributed by atoms with van der Waals surface area (Å²) in [6, 6.07) is 0.737. The van der Waals surface area contributed by atoms with Crippen LogP contribution in [0.4, 0.5) is 0 Å². The average Bonchev–Trinajstić information content (AvgIpc) is 2.44. The van der Waals surface area contributed by atoms with Crippen LogP contribution >= 0.6 is 0 Å². The summed E-state index contributed by atoms with van der Waals surface area (Å²) >= 11 is 0. The van der Waals surface area contributed by atoms with E-state index < -0.39 is 0 Å². The van der Waals surface area contributed by atoms with Gasteiger partial charge in [0, 0.05) is 18.0 Å². The van der Waals surface area contributed by atoms with Gasteiger partial charge in [0.1, 0.15) is 0 Å². The quantitative estimate of drug-likeness (QED) is 0.663. The SMILES string of the molecule is N[C@H]1CC[C@@H](C(=O)NC2CCC2)C1. The molecule has 0 saturated heterocycles. The maximum Gasteiger partial charge on any atom is 0.223 e. The molecular weight excluding hydrogens is 164 g/mol. The lowest BCUT2D eigenvalue weighted by atomic mass is 9.92. The maximum atomic E-state index is 11.6. The molecule has 2 atom stereocenters. The van der Waals surface area contributed by atoms with Gasteiger partial charge in [-0.05, 0) is 38.5 Å². The summed E-state index contributed by atoms with van der Waals surface area (Å²) in [7, 11) is 0. The molecule has 0 aromatic carbocycles. The molecule has 2 saturated carbocycles. The molecule has 0 unspecified atom stereocenters. The van der Waals surface area contributed by atoms with Gasteiger partial charge in [-0.3, -0.25) is 4.79 Å². The first-order chi connectivity index (χ1) is 6.25. The molecule has 0 spiro atoms. The molecule has 0 heterocycles. The maximum absolute atomic E-state index is 11.6. The van der Waals surface area contributed by atoms with Crippen molar-refractivity contribution in [3.05, 3.63) is 0 Å². The second kappa shape index (κ2) is 3.66. The highest BCUT2D eigenvalue weighted by atomic mass is 16.1. The summed E-state index contributed by atoms with van der Waals surface area (Å²) in [6.07, 6.45) is 6.51. The Morgan fingerprint density at radius 3 is 2.46 bits per heavy atom. The first-order valence-electron chi connectivity index (χ1n) is 5.31. The molecular formula is C10H18N2O. The van der Waals surface area contributed by atoms with E-state index in [9.17, 15) is 4.79 Å². The largest absolute Gasteiger partial charge is 0.353 e. The molecule has 0 aliphatic heterocycles. The van der Waals surface area contributed by atoms with Gasteiger partial charge in [0.2, 0.25) is 5.91 Å². The second-order valence-corrected chi connectivity index (χ2v) is 4.41. The number of hydrogen-bond donors (Lipinski definition) is 2.